The van der Waals surface area contributed by atoms with Gasteiger partial charge in [0.2, 0.25) is 0 Å². The molecule has 0 saturated heterocycles. The molecule has 0 aromatic heterocycles. The summed E-state index contributed by atoms with van der Waals surface area (Å²) >= 11 is 0. The molecule has 0 spiro atoms. The number of aliphatic carboxylic acids is 3. The standard InChI is InChI=1S/C6H14O6.3C3H4O2/c7-2-5(3-8,4-9)1-6(10,11)12;3*1-2-3(4)5/h7-12H,1-4H2;3*2H,1H2,(H,4,5). The Kier molecular flexibility index (Phi) is 21.6. The van der Waals surface area contributed by atoms with Crippen molar-refractivity contribution in [2.75, 3.05) is 19.8 Å². The molecule has 27 heavy (non-hydrogen) atoms. The highest BCUT2D eigenvalue weighted by atomic mass is 16.7. The van der Waals surface area contributed by atoms with Gasteiger partial charge in [0.05, 0.1) is 19.8 Å². The molecule has 0 heterocycles. The third-order valence-corrected chi connectivity index (χ3v) is 2.14. The van der Waals surface area contributed by atoms with Crippen LogP contribution in [0, 0.1) is 5.41 Å². The first-order valence-corrected chi connectivity index (χ1v) is 6.76. The second-order valence-corrected chi connectivity index (χ2v) is 4.55. The number of hydrogen-bond acceptors (Lipinski definition) is 9. The predicted molar refractivity (Wildman–Crippen MR) is 91.2 cm³/mol. The molecule has 12 nitrogen and oxygen atoms in total. The maximum Gasteiger partial charge on any atom is 0.327 e. The summed E-state index contributed by atoms with van der Waals surface area (Å²) in [5.74, 6) is -5.94. The molecule has 0 bridgehead atoms. The molecule has 0 radical (unpaired) electrons. The van der Waals surface area contributed by atoms with Crippen LogP contribution in [0.4, 0.5) is 0 Å². The van der Waals surface area contributed by atoms with Gasteiger partial charge in [-0.2, -0.15) is 0 Å². The molecular weight excluding hydrogens is 372 g/mol. The van der Waals surface area contributed by atoms with Gasteiger partial charge in [-0.15, -0.1) is 0 Å². The van der Waals surface area contributed by atoms with Crippen LogP contribution in [0.5, 0.6) is 0 Å². The fraction of sp³-hybridized carbons (Fsp3) is 0.400. The summed E-state index contributed by atoms with van der Waals surface area (Å²) < 4.78 is 0. The molecule has 0 amide bonds. The Hall–Kier alpha value is -2.61. The first-order chi connectivity index (χ1) is 12.2. The average Bonchev–Trinajstić information content (AvgIpc) is 2.60. The Bertz CT molecular complexity index is 409. The van der Waals surface area contributed by atoms with Crippen molar-refractivity contribution >= 4 is 17.9 Å². The maximum atomic E-state index is 9.25. The van der Waals surface area contributed by atoms with E-state index in [1.54, 1.807) is 0 Å². The summed E-state index contributed by atoms with van der Waals surface area (Å²) in [6.07, 6.45) is 1.78. The van der Waals surface area contributed by atoms with E-state index in [0.717, 1.165) is 18.2 Å². The van der Waals surface area contributed by atoms with Crippen LogP contribution in [-0.2, 0) is 14.4 Å². The molecule has 0 saturated carbocycles. The predicted octanol–water partition coefficient (Wildman–Crippen LogP) is -2.26. The Morgan fingerprint density at radius 1 is 0.667 bits per heavy atom. The Morgan fingerprint density at radius 2 is 0.852 bits per heavy atom. The van der Waals surface area contributed by atoms with Gasteiger partial charge in [0.15, 0.2) is 0 Å². The SMILES string of the molecule is C=CC(=O)O.C=CC(=O)O.C=CC(=O)O.OCC(CO)(CO)CC(O)(O)O. The molecule has 9 N–H and O–H groups in total. The molecule has 0 aromatic carbocycles. The fourth-order valence-electron chi connectivity index (χ4n) is 0.821. The largest absolute Gasteiger partial charge is 0.478 e. The van der Waals surface area contributed by atoms with Gasteiger partial charge >= 0.3 is 17.9 Å². The van der Waals surface area contributed by atoms with Crippen LogP contribution in [0.1, 0.15) is 6.42 Å². The molecular formula is C15H26O12. The van der Waals surface area contributed by atoms with Gasteiger partial charge in [0.1, 0.15) is 0 Å². The van der Waals surface area contributed by atoms with Gasteiger partial charge in [-0.3, -0.25) is 0 Å². The topological polar surface area (TPSA) is 233 Å². The van der Waals surface area contributed by atoms with Gasteiger partial charge < -0.3 is 46.0 Å². The first-order valence-electron chi connectivity index (χ1n) is 6.76. The van der Waals surface area contributed by atoms with Crippen LogP contribution in [0.2, 0.25) is 0 Å². The molecule has 0 aliphatic rings. The van der Waals surface area contributed by atoms with Crippen molar-refractivity contribution in [1.29, 1.82) is 0 Å². The minimum Gasteiger partial charge on any atom is -0.478 e. The summed E-state index contributed by atoms with van der Waals surface area (Å²) in [7, 11) is 0. The zero-order valence-electron chi connectivity index (χ0n) is 14.4. The molecule has 0 aromatic rings. The lowest BCUT2D eigenvalue weighted by atomic mass is 9.86. The number of carbonyl (C=O) groups is 3. The van der Waals surface area contributed by atoms with E-state index in [4.69, 9.17) is 46.0 Å². The highest BCUT2D eigenvalue weighted by Crippen LogP contribution is 2.24. The van der Waals surface area contributed by atoms with Crippen molar-refractivity contribution in [1.82, 2.24) is 0 Å². The van der Waals surface area contributed by atoms with Crippen LogP contribution in [-0.4, -0.2) is 89.7 Å². The normalized spacial score (nSPS) is 9.56. The molecule has 12 heteroatoms. The molecule has 0 rings (SSSR count). The number of carboxylic acid groups (broad SMARTS) is 3. The highest BCUT2D eigenvalue weighted by Gasteiger charge is 2.37. The molecule has 0 atom stereocenters. The maximum absolute atomic E-state index is 9.25. The Morgan fingerprint density at radius 3 is 0.889 bits per heavy atom. The number of rotatable bonds is 8. The summed E-state index contributed by atoms with van der Waals surface area (Å²) in [6.45, 7) is 6.93. The zero-order chi connectivity index (χ0) is 22.7. The molecule has 0 unspecified atom stereocenters. The van der Waals surface area contributed by atoms with Crippen LogP contribution >= 0.6 is 0 Å². The lowest BCUT2D eigenvalue weighted by Gasteiger charge is -2.30. The summed E-state index contributed by atoms with van der Waals surface area (Å²) in [5, 5.41) is 74.4. The van der Waals surface area contributed by atoms with E-state index in [9.17, 15) is 14.4 Å². The van der Waals surface area contributed by atoms with Crippen molar-refractivity contribution in [3.8, 4) is 0 Å². The van der Waals surface area contributed by atoms with E-state index in [1.165, 1.54) is 0 Å². The third kappa shape index (κ3) is 31.6. The van der Waals surface area contributed by atoms with Crippen molar-refractivity contribution in [3.05, 3.63) is 38.0 Å². The number of carboxylic acids is 3. The fourth-order valence-corrected chi connectivity index (χ4v) is 0.821. The van der Waals surface area contributed by atoms with Crippen molar-refractivity contribution in [2.45, 2.75) is 12.4 Å². The lowest BCUT2D eigenvalue weighted by Crippen LogP contribution is -2.43. The number of aliphatic hydroxyl groups excluding tert-OH is 3. The second kappa shape index (κ2) is 18.2. The van der Waals surface area contributed by atoms with E-state index in [-0.39, 0.29) is 0 Å². The monoisotopic (exact) mass is 398 g/mol. The van der Waals surface area contributed by atoms with E-state index in [1.807, 2.05) is 0 Å². The minimum atomic E-state index is -2.99. The minimum absolute atomic E-state index is 0.649. The van der Waals surface area contributed by atoms with Crippen LogP contribution in [0.25, 0.3) is 0 Å². The summed E-state index contributed by atoms with van der Waals surface area (Å²) in [5.41, 5.74) is -1.47. The summed E-state index contributed by atoms with van der Waals surface area (Å²) in [6, 6.07) is 0. The van der Waals surface area contributed by atoms with Gasteiger partial charge in [0, 0.05) is 30.1 Å². The van der Waals surface area contributed by atoms with Gasteiger partial charge in [-0.1, -0.05) is 19.7 Å². The van der Waals surface area contributed by atoms with Crippen LogP contribution < -0.4 is 0 Å². The molecule has 0 fully saturated rings. The van der Waals surface area contributed by atoms with Gasteiger partial charge in [-0.25, -0.2) is 14.4 Å². The molecule has 158 valence electrons. The van der Waals surface area contributed by atoms with Crippen molar-refractivity contribution < 1.29 is 60.3 Å². The smallest absolute Gasteiger partial charge is 0.327 e. The van der Waals surface area contributed by atoms with E-state index in [2.05, 4.69) is 19.7 Å². The van der Waals surface area contributed by atoms with Crippen molar-refractivity contribution in [2.24, 2.45) is 5.41 Å². The third-order valence-electron chi connectivity index (χ3n) is 2.14. The zero-order valence-corrected chi connectivity index (χ0v) is 14.4. The Balaban J connectivity index is -0.000000147. The van der Waals surface area contributed by atoms with E-state index in [0.29, 0.717) is 0 Å². The molecule has 0 aliphatic carbocycles. The number of hydrogen-bond donors (Lipinski definition) is 9. The first kappa shape index (κ1) is 32.1. The summed E-state index contributed by atoms with van der Waals surface area (Å²) in [4.78, 5) is 27.8. The highest BCUT2D eigenvalue weighted by molar-refractivity contribution is 5.79. The second-order valence-electron chi connectivity index (χ2n) is 4.55. The average molecular weight is 398 g/mol. The van der Waals surface area contributed by atoms with Crippen LogP contribution in [0.3, 0.4) is 0 Å². The van der Waals surface area contributed by atoms with E-state index >= 15 is 0 Å². The van der Waals surface area contributed by atoms with Gasteiger partial charge in [0.25, 0.3) is 5.97 Å². The molecule has 0 aliphatic heterocycles. The van der Waals surface area contributed by atoms with Gasteiger partial charge in [-0.05, 0) is 0 Å². The van der Waals surface area contributed by atoms with Crippen LogP contribution in [0.15, 0.2) is 38.0 Å². The van der Waals surface area contributed by atoms with Crippen molar-refractivity contribution in [3.63, 3.8) is 0 Å². The quantitative estimate of drug-likeness (QED) is 0.156. The lowest BCUT2D eigenvalue weighted by molar-refractivity contribution is -0.331. The van der Waals surface area contributed by atoms with E-state index < -0.39 is 55.5 Å². The number of aliphatic hydroxyl groups is 6. The Labute approximate surface area is 154 Å².